The third-order valence-corrected chi connectivity index (χ3v) is 4.71. The lowest BCUT2D eigenvalue weighted by molar-refractivity contribution is -0.0924. The fraction of sp³-hybridized carbons (Fsp3) is 0.900. The lowest BCUT2D eigenvalue weighted by atomic mass is 10.1. The first-order valence-electron chi connectivity index (χ1n) is 10.1. The summed E-state index contributed by atoms with van der Waals surface area (Å²) in [6.07, 6.45) is 13.9. The van der Waals surface area contributed by atoms with Crippen molar-refractivity contribution in [2.75, 3.05) is 19.8 Å². The predicted molar refractivity (Wildman–Crippen MR) is 99.6 cm³/mol. The number of aliphatic hydroxyl groups excluding tert-OH is 3. The lowest BCUT2D eigenvalue weighted by Crippen LogP contribution is -2.42. The molecule has 5 nitrogen and oxygen atoms in total. The second-order valence-electron chi connectivity index (χ2n) is 6.97. The Balaban J connectivity index is 1.99. The Hall–Kier alpha value is -0.460. The predicted octanol–water partition coefficient (Wildman–Crippen LogP) is 2.96. The average molecular weight is 359 g/mol. The van der Waals surface area contributed by atoms with Crippen LogP contribution in [-0.2, 0) is 9.47 Å². The molecule has 0 radical (unpaired) electrons. The standard InChI is InChI=1S/C20H38O5/c1-2-3-4-5-6-7-8-9-10-11-12-13-14-24-20-18(23)16-25-19(20)17(22)15-21/h11-12,17-23H,2-10,13-16H2,1H3/b12-11+/t17-,18+,19-,20-/m1/s1. The smallest absolute Gasteiger partial charge is 0.114 e. The van der Waals surface area contributed by atoms with Crippen molar-refractivity contribution < 1.29 is 24.8 Å². The van der Waals surface area contributed by atoms with E-state index in [1.165, 1.54) is 51.4 Å². The van der Waals surface area contributed by atoms with Gasteiger partial charge >= 0.3 is 0 Å². The van der Waals surface area contributed by atoms with Gasteiger partial charge in [-0.25, -0.2) is 0 Å². The van der Waals surface area contributed by atoms with Crippen LogP contribution < -0.4 is 0 Å². The van der Waals surface area contributed by atoms with Gasteiger partial charge in [-0.15, -0.1) is 0 Å². The SMILES string of the molecule is CCCCCCCCCC/C=C/CCO[C@H]1[C@@H]([C@H](O)CO)OC[C@@H]1O. The molecule has 5 heteroatoms. The molecule has 0 bridgehead atoms. The molecule has 1 heterocycles. The number of ether oxygens (including phenoxy) is 2. The highest BCUT2D eigenvalue weighted by Gasteiger charge is 2.40. The molecule has 1 aliphatic rings. The largest absolute Gasteiger partial charge is 0.394 e. The molecule has 4 atom stereocenters. The van der Waals surface area contributed by atoms with Crippen molar-refractivity contribution in [3.63, 3.8) is 0 Å². The zero-order valence-corrected chi connectivity index (χ0v) is 15.8. The minimum absolute atomic E-state index is 0.140. The fourth-order valence-electron chi connectivity index (χ4n) is 3.16. The van der Waals surface area contributed by atoms with Crippen molar-refractivity contribution in [2.24, 2.45) is 0 Å². The summed E-state index contributed by atoms with van der Waals surface area (Å²) in [6.45, 7) is 2.47. The molecular weight excluding hydrogens is 320 g/mol. The molecule has 0 aromatic carbocycles. The van der Waals surface area contributed by atoms with Gasteiger partial charge < -0.3 is 24.8 Å². The normalized spacial score (nSPS) is 25.0. The van der Waals surface area contributed by atoms with E-state index in [4.69, 9.17) is 14.6 Å². The monoisotopic (exact) mass is 358 g/mol. The van der Waals surface area contributed by atoms with Gasteiger partial charge in [0, 0.05) is 0 Å². The molecule has 0 aromatic heterocycles. The van der Waals surface area contributed by atoms with Gasteiger partial charge in [0.05, 0.1) is 19.8 Å². The molecule has 25 heavy (non-hydrogen) atoms. The third kappa shape index (κ3) is 9.71. The number of allylic oxidation sites excluding steroid dienone is 1. The van der Waals surface area contributed by atoms with E-state index in [1.54, 1.807) is 0 Å². The van der Waals surface area contributed by atoms with Crippen LogP contribution in [0, 0.1) is 0 Å². The Morgan fingerprint density at radius 2 is 1.68 bits per heavy atom. The van der Waals surface area contributed by atoms with Gasteiger partial charge in [-0.05, 0) is 19.3 Å². The van der Waals surface area contributed by atoms with E-state index in [1.807, 2.05) is 0 Å². The van der Waals surface area contributed by atoms with E-state index in [-0.39, 0.29) is 6.61 Å². The van der Waals surface area contributed by atoms with Gasteiger partial charge in [0.2, 0.25) is 0 Å². The maximum atomic E-state index is 9.83. The van der Waals surface area contributed by atoms with Crippen LogP contribution in [-0.4, -0.2) is 59.6 Å². The topological polar surface area (TPSA) is 79.2 Å². The molecule has 148 valence electrons. The number of rotatable bonds is 15. The second kappa shape index (κ2) is 14.7. The van der Waals surface area contributed by atoms with Crippen LogP contribution in [0.3, 0.4) is 0 Å². The van der Waals surface area contributed by atoms with Crippen LogP contribution in [0.15, 0.2) is 12.2 Å². The average Bonchev–Trinajstić information content (AvgIpc) is 2.99. The molecule has 0 aromatic rings. The highest BCUT2D eigenvalue weighted by molar-refractivity contribution is 4.89. The van der Waals surface area contributed by atoms with Crippen molar-refractivity contribution in [1.82, 2.24) is 0 Å². The van der Waals surface area contributed by atoms with Crippen molar-refractivity contribution >= 4 is 0 Å². The van der Waals surface area contributed by atoms with Gasteiger partial charge in [-0.1, -0.05) is 64.0 Å². The van der Waals surface area contributed by atoms with E-state index >= 15 is 0 Å². The lowest BCUT2D eigenvalue weighted by Gasteiger charge is -2.23. The van der Waals surface area contributed by atoms with E-state index in [9.17, 15) is 10.2 Å². The van der Waals surface area contributed by atoms with Crippen LogP contribution in [0.4, 0.5) is 0 Å². The van der Waals surface area contributed by atoms with E-state index in [2.05, 4.69) is 19.1 Å². The Labute approximate surface area is 153 Å². The molecule has 1 aliphatic heterocycles. The first-order chi connectivity index (χ1) is 12.2. The van der Waals surface area contributed by atoms with Crippen LogP contribution in [0.2, 0.25) is 0 Å². The summed E-state index contributed by atoms with van der Waals surface area (Å²) in [5, 5.41) is 28.5. The Bertz CT molecular complexity index is 334. The highest BCUT2D eigenvalue weighted by atomic mass is 16.6. The summed E-state index contributed by atoms with van der Waals surface area (Å²) in [7, 11) is 0. The molecule has 0 spiro atoms. The zero-order chi connectivity index (χ0) is 18.3. The van der Waals surface area contributed by atoms with Gasteiger partial charge in [0.1, 0.15) is 24.4 Å². The van der Waals surface area contributed by atoms with Crippen LogP contribution in [0.5, 0.6) is 0 Å². The molecule has 0 saturated carbocycles. The van der Waals surface area contributed by atoms with E-state index < -0.39 is 31.0 Å². The Morgan fingerprint density at radius 3 is 2.36 bits per heavy atom. The van der Waals surface area contributed by atoms with Gasteiger partial charge in [0.25, 0.3) is 0 Å². The molecule has 1 saturated heterocycles. The maximum absolute atomic E-state index is 9.83. The van der Waals surface area contributed by atoms with Crippen molar-refractivity contribution in [2.45, 2.75) is 95.5 Å². The minimum atomic E-state index is -1.01. The molecule has 0 aliphatic carbocycles. The first kappa shape index (κ1) is 22.6. The summed E-state index contributed by atoms with van der Waals surface area (Å²) < 4.78 is 10.9. The van der Waals surface area contributed by atoms with Gasteiger partial charge in [-0.3, -0.25) is 0 Å². The Morgan fingerprint density at radius 1 is 1.04 bits per heavy atom. The molecule has 0 amide bonds. The zero-order valence-electron chi connectivity index (χ0n) is 15.8. The van der Waals surface area contributed by atoms with E-state index in [0.717, 1.165) is 12.8 Å². The number of aliphatic hydroxyl groups is 3. The number of hydrogen-bond donors (Lipinski definition) is 3. The summed E-state index contributed by atoms with van der Waals surface area (Å²) in [5.41, 5.74) is 0. The Kier molecular flexibility index (Phi) is 13.3. The van der Waals surface area contributed by atoms with E-state index in [0.29, 0.717) is 6.61 Å². The highest BCUT2D eigenvalue weighted by Crippen LogP contribution is 2.21. The number of unbranched alkanes of at least 4 members (excludes halogenated alkanes) is 8. The van der Waals surface area contributed by atoms with Gasteiger partial charge in [-0.2, -0.15) is 0 Å². The summed E-state index contributed by atoms with van der Waals surface area (Å²) in [4.78, 5) is 0. The van der Waals surface area contributed by atoms with Crippen molar-refractivity contribution in [1.29, 1.82) is 0 Å². The maximum Gasteiger partial charge on any atom is 0.114 e. The van der Waals surface area contributed by atoms with Gasteiger partial charge in [0.15, 0.2) is 0 Å². The summed E-state index contributed by atoms with van der Waals surface area (Å²) >= 11 is 0. The van der Waals surface area contributed by atoms with Crippen LogP contribution >= 0.6 is 0 Å². The second-order valence-corrected chi connectivity index (χ2v) is 6.97. The summed E-state index contributed by atoms with van der Waals surface area (Å²) in [5.74, 6) is 0. The van der Waals surface area contributed by atoms with Crippen molar-refractivity contribution in [3.05, 3.63) is 12.2 Å². The van der Waals surface area contributed by atoms with Crippen LogP contribution in [0.1, 0.15) is 71.1 Å². The minimum Gasteiger partial charge on any atom is -0.394 e. The molecular formula is C20H38O5. The molecule has 0 unspecified atom stereocenters. The molecule has 1 rings (SSSR count). The third-order valence-electron chi connectivity index (χ3n) is 4.71. The number of hydrogen-bond acceptors (Lipinski definition) is 5. The summed E-state index contributed by atoms with van der Waals surface area (Å²) in [6, 6.07) is 0. The fourth-order valence-corrected chi connectivity index (χ4v) is 3.16. The van der Waals surface area contributed by atoms with Crippen LogP contribution in [0.25, 0.3) is 0 Å². The quantitative estimate of drug-likeness (QED) is 0.310. The first-order valence-corrected chi connectivity index (χ1v) is 10.1. The van der Waals surface area contributed by atoms with Crippen molar-refractivity contribution in [3.8, 4) is 0 Å². The molecule has 1 fully saturated rings. The molecule has 3 N–H and O–H groups in total.